The van der Waals surface area contributed by atoms with Crippen molar-refractivity contribution in [3.8, 4) is 0 Å². The Morgan fingerprint density at radius 2 is 1.92 bits per heavy atom. The highest BCUT2D eigenvalue weighted by Crippen LogP contribution is 2.30. The second-order valence-corrected chi connectivity index (χ2v) is 9.26. The largest absolute Gasteiger partial charge is 0.353 e. The number of carbonyl (C=O) groups is 1. The number of carbonyl (C=O) groups excluding carboxylic acids is 1. The molecule has 1 aromatic heterocycles. The summed E-state index contributed by atoms with van der Waals surface area (Å²) in [6.07, 6.45) is 4.43. The van der Waals surface area contributed by atoms with Crippen LogP contribution in [-0.4, -0.2) is 41.3 Å². The molecule has 0 saturated carbocycles. The summed E-state index contributed by atoms with van der Waals surface area (Å²) in [4.78, 5) is 16.9. The van der Waals surface area contributed by atoms with Crippen molar-refractivity contribution >= 4 is 31.9 Å². The molecule has 1 N–H and O–H groups in total. The maximum atomic E-state index is 13.3. The first-order valence-corrected chi connectivity index (χ1v) is 10.8. The third kappa shape index (κ3) is 3.08. The molecule has 3 heterocycles. The summed E-state index contributed by atoms with van der Waals surface area (Å²) >= 11 is 3.36. The van der Waals surface area contributed by atoms with Crippen molar-refractivity contribution in [3.63, 3.8) is 0 Å². The highest BCUT2D eigenvalue weighted by molar-refractivity contribution is 9.10. The van der Waals surface area contributed by atoms with E-state index in [0.717, 1.165) is 36.1 Å². The van der Waals surface area contributed by atoms with Crippen molar-refractivity contribution in [1.29, 1.82) is 0 Å². The zero-order valence-electron chi connectivity index (χ0n) is 14.1. The van der Waals surface area contributed by atoms with Crippen molar-refractivity contribution in [2.75, 3.05) is 13.1 Å². The number of imidazole rings is 1. The minimum Gasteiger partial charge on any atom is -0.353 e. The van der Waals surface area contributed by atoms with Crippen molar-refractivity contribution in [3.05, 3.63) is 46.3 Å². The van der Waals surface area contributed by atoms with Crippen molar-refractivity contribution < 1.29 is 13.2 Å². The van der Waals surface area contributed by atoms with E-state index >= 15 is 0 Å². The number of sulfonamides is 1. The molecule has 2 aliphatic heterocycles. The smallest absolute Gasteiger partial charge is 0.263 e. The molecule has 4 rings (SSSR count). The summed E-state index contributed by atoms with van der Waals surface area (Å²) in [6, 6.07) is 6.25. The van der Waals surface area contributed by atoms with Gasteiger partial charge >= 0.3 is 0 Å². The summed E-state index contributed by atoms with van der Waals surface area (Å²) in [5.41, 5.74) is 0.637. The van der Waals surface area contributed by atoms with Gasteiger partial charge in [0, 0.05) is 36.7 Å². The van der Waals surface area contributed by atoms with Gasteiger partial charge in [0.05, 0.1) is 0 Å². The highest BCUT2D eigenvalue weighted by Gasteiger charge is 2.40. The fourth-order valence-corrected chi connectivity index (χ4v) is 5.31. The number of fused-ring (bicyclic) bond motifs is 1. The minimum absolute atomic E-state index is 0.0335. The van der Waals surface area contributed by atoms with Gasteiger partial charge in [0.2, 0.25) is 5.91 Å². The molecule has 0 spiro atoms. The Labute approximate surface area is 160 Å². The van der Waals surface area contributed by atoms with E-state index in [9.17, 15) is 13.2 Å². The summed E-state index contributed by atoms with van der Waals surface area (Å²) in [7, 11) is -3.87. The molecule has 0 aliphatic carbocycles. The molecule has 0 radical (unpaired) electrons. The lowest BCUT2D eigenvalue weighted by Gasteiger charge is -2.33. The number of hydrogen-bond donors (Lipinski definition) is 1. The van der Waals surface area contributed by atoms with Crippen molar-refractivity contribution in [1.82, 2.24) is 19.2 Å². The fourth-order valence-electron chi connectivity index (χ4n) is 3.50. The molecule has 1 unspecified atom stereocenters. The van der Waals surface area contributed by atoms with Gasteiger partial charge in [0.1, 0.15) is 11.9 Å². The lowest BCUT2D eigenvalue weighted by Crippen LogP contribution is -2.52. The molecule has 9 heteroatoms. The molecule has 138 valence electrons. The number of amides is 1. The van der Waals surface area contributed by atoms with Crippen LogP contribution in [0.5, 0.6) is 0 Å². The number of benzene rings is 1. The summed E-state index contributed by atoms with van der Waals surface area (Å²) < 4.78 is 30.6. The second kappa shape index (κ2) is 6.79. The Morgan fingerprint density at radius 3 is 2.65 bits per heavy atom. The maximum Gasteiger partial charge on any atom is 0.263 e. The van der Waals surface area contributed by atoms with Gasteiger partial charge in [0.15, 0.2) is 5.03 Å². The number of nitrogens with one attached hydrogen (secondary N) is 1. The third-order valence-electron chi connectivity index (χ3n) is 4.81. The first kappa shape index (κ1) is 17.7. The first-order chi connectivity index (χ1) is 12.5. The molecule has 1 fully saturated rings. The SMILES string of the molecule is O=C1NCCN(S(=O)(=O)c2cn3c(n2)CCCC3)C1c1ccc(Br)cc1. The van der Waals surface area contributed by atoms with Crippen LogP contribution in [0.4, 0.5) is 0 Å². The van der Waals surface area contributed by atoms with Crippen LogP contribution in [-0.2, 0) is 27.8 Å². The molecule has 1 atom stereocenters. The van der Waals surface area contributed by atoms with E-state index in [1.54, 1.807) is 30.5 Å². The Balaban J connectivity index is 1.74. The van der Waals surface area contributed by atoms with Gasteiger partial charge in [0.25, 0.3) is 10.0 Å². The van der Waals surface area contributed by atoms with Gasteiger partial charge in [-0.2, -0.15) is 4.31 Å². The fraction of sp³-hybridized carbons (Fsp3) is 0.412. The van der Waals surface area contributed by atoms with Crippen LogP contribution < -0.4 is 5.32 Å². The van der Waals surface area contributed by atoms with E-state index < -0.39 is 16.1 Å². The number of rotatable bonds is 3. The zero-order valence-corrected chi connectivity index (χ0v) is 16.5. The predicted molar refractivity (Wildman–Crippen MR) is 98.9 cm³/mol. The van der Waals surface area contributed by atoms with Gasteiger partial charge < -0.3 is 9.88 Å². The van der Waals surface area contributed by atoms with E-state index in [2.05, 4.69) is 26.2 Å². The van der Waals surface area contributed by atoms with Crippen LogP contribution in [0.3, 0.4) is 0 Å². The Kier molecular flexibility index (Phi) is 4.62. The molecule has 2 aliphatic rings. The standard InChI is InChI=1S/C17H19BrN4O3S/c18-13-6-4-12(5-7-13)16-17(23)19-8-10-22(16)26(24,25)15-11-21-9-2-1-3-14(21)20-15/h4-7,11,16H,1-3,8-10H2,(H,19,23). The molecular formula is C17H19BrN4O3S. The van der Waals surface area contributed by atoms with Crippen LogP contribution in [0.1, 0.15) is 30.3 Å². The van der Waals surface area contributed by atoms with E-state index in [-0.39, 0.29) is 17.5 Å². The molecule has 1 amide bonds. The maximum absolute atomic E-state index is 13.3. The van der Waals surface area contributed by atoms with E-state index in [4.69, 9.17) is 0 Å². The van der Waals surface area contributed by atoms with Crippen molar-refractivity contribution in [2.45, 2.75) is 36.9 Å². The van der Waals surface area contributed by atoms with Gasteiger partial charge in [-0.1, -0.05) is 28.1 Å². The normalized spacial score (nSPS) is 21.3. The van der Waals surface area contributed by atoms with Crippen LogP contribution in [0.25, 0.3) is 0 Å². The van der Waals surface area contributed by atoms with Gasteiger partial charge in [-0.05, 0) is 30.5 Å². The quantitative estimate of drug-likeness (QED) is 0.791. The molecule has 1 saturated heterocycles. The monoisotopic (exact) mass is 438 g/mol. The van der Waals surface area contributed by atoms with Gasteiger partial charge in [-0.25, -0.2) is 13.4 Å². The predicted octanol–water partition coefficient (Wildman–Crippen LogP) is 1.84. The molecule has 0 bridgehead atoms. The highest BCUT2D eigenvalue weighted by atomic mass is 79.9. The summed E-state index contributed by atoms with van der Waals surface area (Å²) in [6.45, 7) is 1.30. The van der Waals surface area contributed by atoms with Crippen LogP contribution in [0, 0.1) is 0 Å². The average molecular weight is 439 g/mol. The van der Waals surface area contributed by atoms with Gasteiger partial charge in [-0.3, -0.25) is 4.79 Å². The molecule has 26 heavy (non-hydrogen) atoms. The Hall–Kier alpha value is -1.71. The molecule has 1 aromatic carbocycles. The lowest BCUT2D eigenvalue weighted by atomic mass is 10.1. The number of hydrogen-bond acceptors (Lipinski definition) is 4. The topological polar surface area (TPSA) is 84.3 Å². The number of nitrogens with zero attached hydrogens (tertiary/aromatic N) is 3. The van der Waals surface area contributed by atoms with E-state index in [1.165, 1.54) is 4.31 Å². The van der Waals surface area contributed by atoms with Crippen LogP contribution in [0.2, 0.25) is 0 Å². The van der Waals surface area contributed by atoms with Gasteiger partial charge in [-0.15, -0.1) is 0 Å². The Morgan fingerprint density at radius 1 is 1.15 bits per heavy atom. The number of aryl methyl sites for hydroxylation is 2. The molecule has 2 aromatic rings. The Bertz CT molecular complexity index is 916. The minimum atomic E-state index is -3.87. The first-order valence-electron chi connectivity index (χ1n) is 8.58. The average Bonchev–Trinajstić information content (AvgIpc) is 3.07. The van der Waals surface area contributed by atoms with E-state index in [0.29, 0.717) is 12.1 Å². The number of piperazine rings is 1. The lowest BCUT2D eigenvalue weighted by molar-refractivity contribution is -0.126. The zero-order chi connectivity index (χ0) is 18.3. The number of aromatic nitrogens is 2. The third-order valence-corrected chi connectivity index (χ3v) is 7.08. The van der Waals surface area contributed by atoms with Crippen LogP contribution in [0.15, 0.2) is 40.0 Å². The molecule has 7 nitrogen and oxygen atoms in total. The second-order valence-electron chi connectivity index (χ2n) is 6.51. The molecular weight excluding hydrogens is 420 g/mol. The van der Waals surface area contributed by atoms with E-state index in [1.807, 2.05) is 4.57 Å². The number of halogens is 1. The summed E-state index contributed by atoms with van der Waals surface area (Å²) in [5, 5.41) is 2.80. The van der Waals surface area contributed by atoms with Crippen molar-refractivity contribution in [2.24, 2.45) is 0 Å². The summed E-state index contributed by atoms with van der Waals surface area (Å²) in [5.74, 6) is 0.489. The van der Waals surface area contributed by atoms with Crippen LogP contribution >= 0.6 is 15.9 Å².